The van der Waals surface area contributed by atoms with Crippen molar-refractivity contribution < 1.29 is 4.79 Å². The first-order chi connectivity index (χ1) is 9.63. The third kappa shape index (κ3) is 3.33. The fourth-order valence-electron chi connectivity index (χ4n) is 3.04. The molecular weight excluding hydrogens is 248 g/mol. The molecule has 0 radical (unpaired) electrons. The van der Waals surface area contributed by atoms with Crippen molar-refractivity contribution in [3.8, 4) is 0 Å². The Labute approximate surface area is 122 Å². The summed E-state index contributed by atoms with van der Waals surface area (Å²) in [4.78, 5) is 16.9. The van der Waals surface area contributed by atoms with Gasteiger partial charge >= 0.3 is 0 Å². The molecule has 1 aliphatic carbocycles. The highest BCUT2D eigenvalue weighted by Crippen LogP contribution is 2.24. The van der Waals surface area contributed by atoms with E-state index in [1.54, 1.807) is 0 Å². The first kappa shape index (κ1) is 14.9. The van der Waals surface area contributed by atoms with Gasteiger partial charge in [-0.05, 0) is 38.0 Å². The Morgan fingerprint density at radius 1 is 1.20 bits per heavy atom. The van der Waals surface area contributed by atoms with E-state index < -0.39 is 0 Å². The Kier molecular flexibility index (Phi) is 5.05. The van der Waals surface area contributed by atoms with Gasteiger partial charge in [0.25, 0.3) is 5.91 Å². The molecule has 0 atom stereocenters. The molecule has 1 fully saturated rings. The summed E-state index contributed by atoms with van der Waals surface area (Å²) in [6, 6.07) is 8.36. The van der Waals surface area contributed by atoms with Gasteiger partial charge in [-0.2, -0.15) is 0 Å². The smallest absolute Gasteiger partial charge is 0.254 e. The van der Waals surface area contributed by atoms with Crippen LogP contribution in [0.25, 0.3) is 0 Å². The minimum atomic E-state index is 0.183. The first-order valence-corrected chi connectivity index (χ1v) is 7.72. The molecule has 0 saturated heterocycles. The number of nitrogens with zero attached hydrogens (tertiary/aromatic N) is 2. The lowest BCUT2D eigenvalue weighted by Gasteiger charge is -2.33. The molecule has 3 nitrogen and oxygen atoms in total. The fourth-order valence-corrected chi connectivity index (χ4v) is 3.04. The van der Waals surface area contributed by atoms with Gasteiger partial charge in [0.05, 0.1) is 0 Å². The Morgan fingerprint density at radius 2 is 1.90 bits per heavy atom. The molecule has 1 aliphatic rings. The van der Waals surface area contributed by atoms with Crippen LogP contribution in [0.2, 0.25) is 0 Å². The predicted molar refractivity (Wildman–Crippen MR) is 84.4 cm³/mol. The minimum Gasteiger partial charge on any atom is -0.378 e. The SMILES string of the molecule is CCN(C(=O)c1cccc(N(C)C)c1)C1CCCCC1. The van der Waals surface area contributed by atoms with Gasteiger partial charge in [0.15, 0.2) is 0 Å². The molecule has 0 unspecified atom stereocenters. The number of carbonyl (C=O) groups is 1. The van der Waals surface area contributed by atoms with Gasteiger partial charge in [0, 0.05) is 37.9 Å². The highest BCUT2D eigenvalue weighted by Gasteiger charge is 2.25. The topological polar surface area (TPSA) is 23.6 Å². The maximum absolute atomic E-state index is 12.8. The van der Waals surface area contributed by atoms with E-state index >= 15 is 0 Å². The summed E-state index contributed by atoms with van der Waals surface area (Å²) >= 11 is 0. The standard InChI is InChI=1S/C17H26N2O/c1-4-19(15-10-6-5-7-11-15)17(20)14-9-8-12-16(13-14)18(2)3/h8-9,12-13,15H,4-7,10-11H2,1-3H3. The number of amides is 1. The molecule has 1 amide bonds. The zero-order valence-corrected chi connectivity index (χ0v) is 12.9. The van der Waals surface area contributed by atoms with E-state index in [2.05, 4.69) is 11.8 Å². The third-order valence-corrected chi connectivity index (χ3v) is 4.23. The van der Waals surface area contributed by atoms with Crippen molar-refractivity contribution in [3.05, 3.63) is 29.8 Å². The lowest BCUT2D eigenvalue weighted by atomic mass is 9.93. The summed E-state index contributed by atoms with van der Waals surface area (Å²) in [6.45, 7) is 2.89. The van der Waals surface area contributed by atoms with E-state index in [0.29, 0.717) is 6.04 Å². The molecule has 0 bridgehead atoms. The Morgan fingerprint density at radius 3 is 2.50 bits per heavy atom. The van der Waals surface area contributed by atoms with Crippen LogP contribution in [0.4, 0.5) is 5.69 Å². The molecule has 2 rings (SSSR count). The zero-order valence-electron chi connectivity index (χ0n) is 12.9. The van der Waals surface area contributed by atoms with Crippen LogP contribution in [0.3, 0.4) is 0 Å². The minimum absolute atomic E-state index is 0.183. The molecule has 3 heteroatoms. The predicted octanol–water partition coefficient (Wildman–Crippen LogP) is 3.55. The van der Waals surface area contributed by atoms with Crippen LogP contribution in [0.5, 0.6) is 0 Å². The number of carbonyl (C=O) groups excluding carboxylic acids is 1. The Hall–Kier alpha value is -1.51. The molecule has 20 heavy (non-hydrogen) atoms. The van der Waals surface area contributed by atoms with Crippen LogP contribution < -0.4 is 4.90 Å². The van der Waals surface area contributed by atoms with Gasteiger partial charge < -0.3 is 9.80 Å². The second-order valence-electron chi connectivity index (χ2n) is 5.83. The molecule has 0 aliphatic heterocycles. The van der Waals surface area contributed by atoms with Gasteiger partial charge in [0.1, 0.15) is 0 Å². The largest absolute Gasteiger partial charge is 0.378 e. The summed E-state index contributed by atoms with van der Waals surface area (Å²) in [7, 11) is 4.00. The van der Waals surface area contributed by atoms with Gasteiger partial charge in [-0.3, -0.25) is 4.79 Å². The number of hydrogen-bond donors (Lipinski definition) is 0. The lowest BCUT2D eigenvalue weighted by Crippen LogP contribution is -2.41. The zero-order chi connectivity index (χ0) is 14.5. The Bertz CT molecular complexity index is 450. The monoisotopic (exact) mass is 274 g/mol. The molecule has 0 N–H and O–H groups in total. The van der Waals surface area contributed by atoms with Crippen molar-refractivity contribution in [1.29, 1.82) is 0 Å². The molecular formula is C17H26N2O. The maximum atomic E-state index is 12.8. The molecule has 1 saturated carbocycles. The quantitative estimate of drug-likeness (QED) is 0.838. The van der Waals surface area contributed by atoms with Crippen LogP contribution in [0.15, 0.2) is 24.3 Å². The van der Waals surface area contributed by atoms with Crippen LogP contribution >= 0.6 is 0 Å². The summed E-state index contributed by atoms with van der Waals surface area (Å²) < 4.78 is 0. The molecule has 0 aromatic heterocycles. The average Bonchev–Trinajstić information content (AvgIpc) is 2.49. The van der Waals surface area contributed by atoms with Crippen LogP contribution in [-0.2, 0) is 0 Å². The van der Waals surface area contributed by atoms with Crippen molar-refractivity contribution in [2.24, 2.45) is 0 Å². The van der Waals surface area contributed by atoms with Crippen molar-refractivity contribution in [2.75, 3.05) is 25.5 Å². The van der Waals surface area contributed by atoms with Gasteiger partial charge in [-0.25, -0.2) is 0 Å². The maximum Gasteiger partial charge on any atom is 0.254 e. The van der Waals surface area contributed by atoms with Crippen molar-refractivity contribution >= 4 is 11.6 Å². The van der Waals surface area contributed by atoms with E-state index in [4.69, 9.17) is 0 Å². The number of anilines is 1. The first-order valence-electron chi connectivity index (χ1n) is 7.72. The van der Waals surface area contributed by atoms with E-state index in [1.165, 1.54) is 19.3 Å². The van der Waals surface area contributed by atoms with E-state index in [1.807, 2.05) is 43.3 Å². The number of benzene rings is 1. The van der Waals surface area contributed by atoms with Crippen molar-refractivity contribution in [2.45, 2.75) is 45.1 Å². The van der Waals surface area contributed by atoms with Crippen LogP contribution in [-0.4, -0.2) is 37.5 Å². The molecule has 0 heterocycles. The average molecular weight is 274 g/mol. The highest BCUT2D eigenvalue weighted by molar-refractivity contribution is 5.95. The van der Waals surface area contributed by atoms with Crippen molar-refractivity contribution in [1.82, 2.24) is 4.90 Å². The summed E-state index contributed by atoms with van der Waals surface area (Å²) in [5.41, 5.74) is 1.89. The van der Waals surface area contributed by atoms with E-state index in [9.17, 15) is 4.79 Å². The van der Waals surface area contributed by atoms with Gasteiger partial charge in [-0.15, -0.1) is 0 Å². The van der Waals surface area contributed by atoms with E-state index in [0.717, 1.165) is 30.6 Å². The second kappa shape index (κ2) is 6.78. The van der Waals surface area contributed by atoms with Crippen LogP contribution in [0, 0.1) is 0 Å². The summed E-state index contributed by atoms with van der Waals surface area (Å²) in [5, 5.41) is 0. The molecule has 110 valence electrons. The normalized spacial score (nSPS) is 15.9. The van der Waals surface area contributed by atoms with Crippen molar-refractivity contribution in [3.63, 3.8) is 0 Å². The summed E-state index contributed by atoms with van der Waals surface area (Å²) in [6.07, 6.45) is 6.15. The van der Waals surface area contributed by atoms with Gasteiger partial charge in [0.2, 0.25) is 0 Å². The third-order valence-electron chi connectivity index (χ3n) is 4.23. The summed E-state index contributed by atoms with van der Waals surface area (Å²) in [5.74, 6) is 0.183. The molecule has 0 spiro atoms. The highest BCUT2D eigenvalue weighted by atomic mass is 16.2. The lowest BCUT2D eigenvalue weighted by molar-refractivity contribution is 0.0648. The number of rotatable bonds is 4. The second-order valence-corrected chi connectivity index (χ2v) is 5.83. The Balaban J connectivity index is 2.17. The molecule has 1 aromatic carbocycles. The fraction of sp³-hybridized carbons (Fsp3) is 0.588. The van der Waals surface area contributed by atoms with Gasteiger partial charge in [-0.1, -0.05) is 25.3 Å². The number of hydrogen-bond acceptors (Lipinski definition) is 2. The van der Waals surface area contributed by atoms with Crippen LogP contribution in [0.1, 0.15) is 49.4 Å². The molecule has 1 aromatic rings. The van der Waals surface area contributed by atoms with E-state index in [-0.39, 0.29) is 5.91 Å².